The van der Waals surface area contributed by atoms with Gasteiger partial charge in [-0.1, -0.05) is 60.7 Å². The normalized spacial score (nSPS) is 26.7. The van der Waals surface area contributed by atoms with Crippen LogP contribution in [-0.2, 0) is 0 Å². The quantitative estimate of drug-likeness (QED) is 0.634. The molecule has 1 saturated carbocycles. The van der Waals surface area contributed by atoms with E-state index in [1.165, 1.54) is 0 Å². The van der Waals surface area contributed by atoms with E-state index in [1.54, 1.807) is 0 Å². The van der Waals surface area contributed by atoms with Crippen LogP contribution in [0.2, 0.25) is 0 Å². The van der Waals surface area contributed by atoms with Crippen molar-refractivity contribution in [3.63, 3.8) is 0 Å². The molecule has 0 amide bonds. The van der Waals surface area contributed by atoms with Crippen LogP contribution in [0.3, 0.4) is 0 Å². The van der Waals surface area contributed by atoms with E-state index in [2.05, 4.69) is 0 Å². The monoisotopic (exact) mass is 326 g/mol. The molecule has 0 radical (unpaired) electrons. The molecule has 0 N–H and O–H groups in total. The zero-order valence-corrected chi connectivity index (χ0v) is 13.0. The van der Waals surface area contributed by atoms with Crippen LogP contribution < -0.4 is 0 Å². The fourth-order valence-electron chi connectivity index (χ4n) is 3.86. The molecular weight excluding hydrogens is 308 g/mol. The van der Waals surface area contributed by atoms with Crippen LogP contribution in [-0.4, -0.2) is 21.9 Å². The molecular formula is C18H18N2O4. The third-order valence-electron chi connectivity index (χ3n) is 4.88. The fraction of sp³-hybridized carbons (Fsp3) is 0.333. The second-order valence-corrected chi connectivity index (χ2v) is 6.16. The van der Waals surface area contributed by atoms with Gasteiger partial charge in [-0.05, 0) is 11.1 Å². The van der Waals surface area contributed by atoms with Crippen molar-refractivity contribution >= 4 is 0 Å². The minimum absolute atomic E-state index is 0.224. The Morgan fingerprint density at radius 3 is 1.29 bits per heavy atom. The summed E-state index contributed by atoms with van der Waals surface area (Å²) < 4.78 is 0. The largest absolute Gasteiger partial charge is 0.264 e. The van der Waals surface area contributed by atoms with Crippen LogP contribution in [0.4, 0.5) is 0 Å². The van der Waals surface area contributed by atoms with Crippen molar-refractivity contribution in [1.82, 2.24) is 0 Å². The molecule has 0 bridgehead atoms. The van der Waals surface area contributed by atoms with Crippen molar-refractivity contribution in [3.8, 4) is 0 Å². The maximum Gasteiger partial charge on any atom is 0.221 e. The Morgan fingerprint density at radius 1 is 0.667 bits per heavy atom. The van der Waals surface area contributed by atoms with Crippen molar-refractivity contribution in [2.45, 2.75) is 36.8 Å². The third-order valence-corrected chi connectivity index (χ3v) is 4.88. The molecule has 0 heterocycles. The summed E-state index contributed by atoms with van der Waals surface area (Å²) in [6, 6.07) is 16.7. The number of benzene rings is 2. The SMILES string of the molecule is O=[N+]([O-])C1CCC([N+](=O)[O-])C(c2ccccc2)C1c1ccccc1. The molecule has 124 valence electrons. The molecule has 1 aliphatic carbocycles. The van der Waals surface area contributed by atoms with Gasteiger partial charge in [-0.3, -0.25) is 20.2 Å². The molecule has 0 saturated heterocycles. The molecule has 6 nitrogen and oxygen atoms in total. The van der Waals surface area contributed by atoms with Gasteiger partial charge in [0.05, 0.1) is 11.8 Å². The first-order valence-corrected chi connectivity index (χ1v) is 7.96. The van der Waals surface area contributed by atoms with E-state index in [9.17, 15) is 20.2 Å². The summed E-state index contributed by atoms with van der Waals surface area (Å²) in [6.45, 7) is 0. The topological polar surface area (TPSA) is 86.3 Å². The zero-order valence-electron chi connectivity index (χ0n) is 13.0. The van der Waals surface area contributed by atoms with Crippen LogP contribution >= 0.6 is 0 Å². The minimum Gasteiger partial charge on any atom is -0.264 e. The molecule has 4 unspecified atom stereocenters. The molecule has 1 aliphatic rings. The molecule has 6 heteroatoms. The maximum atomic E-state index is 11.6. The van der Waals surface area contributed by atoms with Crippen molar-refractivity contribution in [3.05, 3.63) is 92.0 Å². The standard InChI is InChI=1S/C18H18N2O4/c21-19(22)15-11-12-16(20(23)24)18(14-9-5-2-6-10-14)17(15)13-7-3-1-4-8-13/h1-10,15-18H,11-12H2. The summed E-state index contributed by atoms with van der Waals surface area (Å²) in [4.78, 5) is 22.7. The minimum atomic E-state index is -0.811. The highest BCUT2D eigenvalue weighted by Gasteiger charge is 2.51. The lowest BCUT2D eigenvalue weighted by molar-refractivity contribution is -0.561. The second kappa shape index (κ2) is 6.78. The Bertz CT molecular complexity index is 657. The van der Waals surface area contributed by atoms with Gasteiger partial charge in [-0.2, -0.15) is 0 Å². The van der Waals surface area contributed by atoms with E-state index < -0.39 is 23.9 Å². The first-order chi connectivity index (χ1) is 11.6. The lowest BCUT2D eigenvalue weighted by atomic mass is 9.67. The predicted octanol–water partition coefficient (Wildman–Crippen LogP) is 3.64. The molecule has 0 aromatic heterocycles. The van der Waals surface area contributed by atoms with Crippen molar-refractivity contribution in [1.29, 1.82) is 0 Å². The van der Waals surface area contributed by atoms with Gasteiger partial charge in [0.2, 0.25) is 12.1 Å². The maximum absolute atomic E-state index is 11.6. The lowest BCUT2D eigenvalue weighted by Crippen LogP contribution is -2.44. The summed E-state index contributed by atoms with van der Waals surface area (Å²) in [5, 5.41) is 23.3. The molecule has 4 atom stereocenters. The lowest BCUT2D eigenvalue weighted by Gasteiger charge is -2.35. The van der Waals surface area contributed by atoms with E-state index in [0.29, 0.717) is 0 Å². The first kappa shape index (κ1) is 16.1. The van der Waals surface area contributed by atoms with Crippen LogP contribution in [0, 0.1) is 20.2 Å². The molecule has 1 fully saturated rings. The van der Waals surface area contributed by atoms with E-state index in [-0.39, 0.29) is 22.7 Å². The van der Waals surface area contributed by atoms with Gasteiger partial charge in [0.1, 0.15) is 0 Å². The van der Waals surface area contributed by atoms with Gasteiger partial charge >= 0.3 is 0 Å². The van der Waals surface area contributed by atoms with Crippen LogP contribution in [0.25, 0.3) is 0 Å². The van der Waals surface area contributed by atoms with Crippen LogP contribution in [0.15, 0.2) is 60.7 Å². The Morgan fingerprint density at radius 2 is 1.00 bits per heavy atom. The van der Waals surface area contributed by atoms with E-state index in [0.717, 1.165) is 11.1 Å². The smallest absolute Gasteiger partial charge is 0.221 e. The summed E-state index contributed by atoms with van der Waals surface area (Å²) in [6.07, 6.45) is 0.448. The molecule has 0 aliphatic heterocycles. The third kappa shape index (κ3) is 2.99. The highest BCUT2D eigenvalue weighted by Crippen LogP contribution is 2.46. The summed E-state index contributed by atoms with van der Waals surface area (Å²) in [5.41, 5.74) is 1.58. The molecule has 24 heavy (non-hydrogen) atoms. The highest BCUT2D eigenvalue weighted by molar-refractivity contribution is 5.32. The Hall–Kier alpha value is -2.76. The molecule has 0 spiro atoms. The van der Waals surface area contributed by atoms with Gasteiger partial charge in [0, 0.05) is 22.7 Å². The van der Waals surface area contributed by atoms with E-state index >= 15 is 0 Å². The fourth-order valence-corrected chi connectivity index (χ4v) is 3.86. The Kier molecular flexibility index (Phi) is 4.55. The average molecular weight is 326 g/mol. The van der Waals surface area contributed by atoms with Crippen LogP contribution in [0.1, 0.15) is 35.8 Å². The molecule has 2 aromatic carbocycles. The summed E-state index contributed by atoms with van der Waals surface area (Å²) in [7, 11) is 0. The van der Waals surface area contributed by atoms with Gasteiger partial charge < -0.3 is 0 Å². The van der Waals surface area contributed by atoms with Gasteiger partial charge in [-0.15, -0.1) is 0 Å². The second-order valence-electron chi connectivity index (χ2n) is 6.16. The van der Waals surface area contributed by atoms with Gasteiger partial charge in [0.15, 0.2) is 0 Å². The number of hydrogen-bond donors (Lipinski definition) is 0. The number of rotatable bonds is 4. The van der Waals surface area contributed by atoms with Gasteiger partial charge in [-0.25, -0.2) is 0 Å². The zero-order chi connectivity index (χ0) is 17.1. The van der Waals surface area contributed by atoms with Crippen molar-refractivity contribution in [2.24, 2.45) is 0 Å². The first-order valence-electron chi connectivity index (χ1n) is 7.96. The highest BCUT2D eigenvalue weighted by atomic mass is 16.6. The average Bonchev–Trinajstić information content (AvgIpc) is 2.61. The Balaban J connectivity index is 2.14. The summed E-state index contributed by atoms with van der Waals surface area (Å²) >= 11 is 0. The number of hydrogen-bond acceptors (Lipinski definition) is 4. The number of nitrogens with zero attached hydrogens (tertiary/aromatic N) is 2. The van der Waals surface area contributed by atoms with E-state index in [1.807, 2.05) is 60.7 Å². The van der Waals surface area contributed by atoms with Crippen LogP contribution in [0.5, 0.6) is 0 Å². The summed E-state index contributed by atoms with van der Waals surface area (Å²) in [5.74, 6) is -1.01. The van der Waals surface area contributed by atoms with Crippen molar-refractivity contribution < 1.29 is 9.85 Å². The van der Waals surface area contributed by atoms with Crippen molar-refractivity contribution in [2.75, 3.05) is 0 Å². The predicted molar refractivity (Wildman–Crippen MR) is 89.2 cm³/mol. The number of nitro groups is 2. The molecule has 3 rings (SSSR count). The van der Waals surface area contributed by atoms with E-state index in [4.69, 9.17) is 0 Å². The Labute approximate surface area is 139 Å². The molecule has 2 aromatic rings. The van der Waals surface area contributed by atoms with Gasteiger partial charge in [0.25, 0.3) is 0 Å².